The number of rotatable bonds is 5. The summed E-state index contributed by atoms with van der Waals surface area (Å²) in [4.78, 5) is 20.1. The van der Waals surface area contributed by atoms with Crippen molar-refractivity contribution in [1.82, 2.24) is 0 Å². The van der Waals surface area contributed by atoms with Gasteiger partial charge in [-0.2, -0.15) is 0 Å². The van der Waals surface area contributed by atoms with Gasteiger partial charge in [0.05, 0.1) is 0 Å². The van der Waals surface area contributed by atoms with Crippen LogP contribution in [0.3, 0.4) is 0 Å². The summed E-state index contributed by atoms with van der Waals surface area (Å²) in [6.07, 6.45) is 4.15. The van der Waals surface area contributed by atoms with E-state index in [-0.39, 0.29) is 12.6 Å². The van der Waals surface area contributed by atoms with E-state index in [0.29, 0.717) is 6.61 Å². The first-order chi connectivity index (χ1) is 7.08. The van der Waals surface area contributed by atoms with E-state index < -0.39 is 5.97 Å². The van der Waals surface area contributed by atoms with Crippen molar-refractivity contribution in [3.8, 4) is 0 Å². The zero-order valence-corrected chi connectivity index (χ0v) is 8.90. The largest absolute Gasteiger partial charge is 0.462 e. The molecule has 0 aliphatic rings. The number of carbonyl (C=O) groups is 2. The molecule has 0 aromatic heterocycles. The summed E-state index contributed by atoms with van der Waals surface area (Å²) in [6.45, 7) is 11.8. The monoisotopic (exact) mass is 212 g/mol. The molecule has 0 bridgehead atoms. The molecule has 0 aliphatic carbocycles. The average molecular weight is 212 g/mol. The van der Waals surface area contributed by atoms with E-state index >= 15 is 0 Å². The van der Waals surface area contributed by atoms with Crippen LogP contribution in [-0.4, -0.2) is 25.2 Å². The van der Waals surface area contributed by atoms with E-state index in [4.69, 9.17) is 0 Å². The van der Waals surface area contributed by atoms with E-state index in [2.05, 4.69) is 29.2 Å². The lowest BCUT2D eigenvalue weighted by Crippen LogP contribution is -1.98. The summed E-state index contributed by atoms with van der Waals surface area (Å²) >= 11 is 0. The van der Waals surface area contributed by atoms with Crippen molar-refractivity contribution < 1.29 is 19.1 Å². The Morgan fingerprint density at radius 3 is 1.80 bits per heavy atom. The van der Waals surface area contributed by atoms with Crippen LogP contribution in [0.25, 0.3) is 0 Å². The molecule has 0 radical (unpaired) electrons. The maximum Gasteiger partial charge on any atom is 0.330 e. The van der Waals surface area contributed by atoms with Gasteiger partial charge in [-0.1, -0.05) is 31.9 Å². The van der Waals surface area contributed by atoms with Crippen molar-refractivity contribution in [3.63, 3.8) is 0 Å². The van der Waals surface area contributed by atoms with Crippen LogP contribution in [0.4, 0.5) is 0 Å². The molecule has 15 heavy (non-hydrogen) atoms. The van der Waals surface area contributed by atoms with Crippen LogP contribution in [0.2, 0.25) is 0 Å². The zero-order valence-electron chi connectivity index (χ0n) is 8.90. The first-order valence-electron chi connectivity index (χ1n) is 4.22. The molecule has 84 valence electrons. The Labute approximate surface area is 89.9 Å². The highest BCUT2D eigenvalue weighted by Gasteiger charge is 1.88. The molecular formula is C11H16O4. The standard InChI is InChI=1S/C6H8O2.C5H8O2/c1-3-5-8-6(7)4-2;1-3-4-7-5(2)6/h3-4H,1-2,5H2;3H,1,4H2,2H3. The lowest BCUT2D eigenvalue weighted by molar-refractivity contribution is -0.139. The highest BCUT2D eigenvalue weighted by atomic mass is 16.5. The normalized spacial score (nSPS) is 7.53. The minimum absolute atomic E-state index is 0.255. The quantitative estimate of drug-likeness (QED) is 0.395. The molecule has 0 heterocycles. The van der Waals surface area contributed by atoms with Crippen molar-refractivity contribution in [1.29, 1.82) is 0 Å². The predicted octanol–water partition coefficient (Wildman–Crippen LogP) is 1.64. The van der Waals surface area contributed by atoms with Crippen molar-refractivity contribution in [3.05, 3.63) is 38.0 Å². The topological polar surface area (TPSA) is 52.6 Å². The van der Waals surface area contributed by atoms with Crippen molar-refractivity contribution in [2.45, 2.75) is 6.92 Å². The fourth-order valence-corrected chi connectivity index (χ4v) is 0.376. The van der Waals surface area contributed by atoms with Crippen LogP contribution >= 0.6 is 0 Å². The summed E-state index contributed by atoms with van der Waals surface area (Å²) in [5.74, 6) is -0.676. The molecule has 0 N–H and O–H groups in total. The van der Waals surface area contributed by atoms with E-state index in [1.165, 1.54) is 19.1 Å². The lowest BCUT2D eigenvalue weighted by atomic mass is 10.6. The van der Waals surface area contributed by atoms with Gasteiger partial charge in [0, 0.05) is 13.0 Å². The predicted molar refractivity (Wildman–Crippen MR) is 58.2 cm³/mol. The SMILES string of the molecule is C=CCOC(=O)C=C.C=CCOC(C)=O. The molecule has 0 atom stereocenters. The Hall–Kier alpha value is -1.84. The van der Waals surface area contributed by atoms with Gasteiger partial charge in [0.2, 0.25) is 0 Å². The third-order valence-electron chi connectivity index (χ3n) is 0.915. The van der Waals surface area contributed by atoms with E-state index in [1.54, 1.807) is 0 Å². The van der Waals surface area contributed by atoms with Gasteiger partial charge in [0.1, 0.15) is 13.2 Å². The number of hydrogen-bond donors (Lipinski definition) is 0. The van der Waals surface area contributed by atoms with E-state index in [0.717, 1.165) is 6.08 Å². The third kappa shape index (κ3) is 18.9. The lowest BCUT2D eigenvalue weighted by Gasteiger charge is -1.92. The second-order valence-electron chi connectivity index (χ2n) is 2.21. The van der Waals surface area contributed by atoms with Gasteiger partial charge in [0.15, 0.2) is 0 Å². The second kappa shape index (κ2) is 12.2. The molecule has 0 amide bonds. The summed E-state index contributed by atoms with van der Waals surface area (Å²) in [5.41, 5.74) is 0. The minimum Gasteiger partial charge on any atom is -0.462 e. The molecular weight excluding hydrogens is 196 g/mol. The first kappa shape index (κ1) is 15.6. The zero-order chi connectivity index (χ0) is 12.1. The fourth-order valence-electron chi connectivity index (χ4n) is 0.376. The molecule has 4 nitrogen and oxygen atoms in total. The van der Waals surface area contributed by atoms with E-state index in [1.807, 2.05) is 0 Å². The van der Waals surface area contributed by atoms with Crippen molar-refractivity contribution in [2.75, 3.05) is 13.2 Å². The van der Waals surface area contributed by atoms with Gasteiger partial charge in [0.25, 0.3) is 0 Å². The summed E-state index contributed by atoms with van der Waals surface area (Å²) < 4.78 is 8.90. The minimum atomic E-state index is -0.412. The van der Waals surface area contributed by atoms with Crippen LogP contribution in [0.15, 0.2) is 38.0 Å². The maximum atomic E-state index is 10.2. The third-order valence-corrected chi connectivity index (χ3v) is 0.915. The van der Waals surface area contributed by atoms with Gasteiger partial charge >= 0.3 is 11.9 Å². The molecule has 0 unspecified atom stereocenters. The molecule has 0 saturated carbocycles. The Morgan fingerprint density at radius 2 is 1.53 bits per heavy atom. The smallest absolute Gasteiger partial charge is 0.330 e. The van der Waals surface area contributed by atoms with Crippen LogP contribution in [0.1, 0.15) is 6.92 Å². The number of ether oxygens (including phenoxy) is 2. The summed E-state index contributed by atoms with van der Waals surface area (Å²) in [7, 11) is 0. The Bertz CT molecular complexity index is 231. The van der Waals surface area contributed by atoms with Crippen LogP contribution in [0, 0.1) is 0 Å². The van der Waals surface area contributed by atoms with Gasteiger partial charge in [-0.15, -0.1) is 0 Å². The number of esters is 2. The molecule has 0 aromatic rings. The van der Waals surface area contributed by atoms with Gasteiger partial charge in [-0.05, 0) is 0 Å². The van der Waals surface area contributed by atoms with Gasteiger partial charge in [-0.3, -0.25) is 4.79 Å². The first-order valence-corrected chi connectivity index (χ1v) is 4.22. The highest BCUT2D eigenvalue weighted by molar-refractivity contribution is 5.81. The molecule has 0 rings (SSSR count). The second-order valence-corrected chi connectivity index (χ2v) is 2.21. The van der Waals surface area contributed by atoms with Crippen molar-refractivity contribution >= 4 is 11.9 Å². The summed E-state index contributed by atoms with van der Waals surface area (Å²) in [5, 5.41) is 0. The van der Waals surface area contributed by atoms with Gasteiger partial charge < -0.3 is 9.47 Å². The Morgan fingerprint density at radius 1 is 1.07 bits per heavy atom. The van der Waals surface area contributed by atoms with Crippen molar-refractivity contribution in [2.24, 2.45) is 0 Å². The van der Waals surface area contributed by atoms with E-state index in [9.17, 15) is 9.59 Å². The molecule has 0 aliphatic heterocycles. The van der Waals surface area contributed by atoms with Crippen LogP contribution in [0.5, 0.6) is 0 Å². The maximum absolute atomic E-state index is 10.2. The summed E-state index contributed by atoms with van der Waals surface area (Å²) in [6, 6.07) is 0. The van der Waals surface area contributed by atoms with Gasteiger partial charge in [-0.25, -0.2) is 4.79 Å². The molecule has 0 saturated heterocycles. The molecule has 4 heteroatoms. The molecule has 0 fully saturated rings. The highest BCUT2D eigenvalue weighted by Crippen LogP contribution is 1.77. The Balaban J connectivity index is 0. The van der Waals surface area contributed by atoms with Crippen LogP contribution < -0.4 is 0 Å². The molecule has 0 aromatic carbocycles. The van der Waals surface area contributed by atoms with Crippen LogP contribution in [-0.2, 0) is 19.1 Å². The molecule has 0 spiro atoms. The number of carbonyl (C=O) groups excluding carboxylic acids is 2. The average Bonchev–Trinajstić information content (AvgIpc) is 2.23. The Kier molecular flexibility index (Phi) is 12.7. The number of hydrogen-bond acceptors (Lipinski definition) is 4. The fraction of sp³-hybridized carbons (Fsp3) is 0.273.